The van der Waals surface area contributed by atoms with Crippen LogP contribution in [-0.4, -0.2) is 23.9 Å². The fraction of sp³-hybridized carbons (Fsp3) is 0.333. The van der Waals surface area contributed by atoms with Crippen LogP contribution in [0, 0.1) is 11.6 Å². The predicted octanol–water partition coefficient (Wildman–Crippen LogP) is 0.671. The first kappa shape index (κ1) is 11.7. The number of methoxy groups -OCH3 is 1. The molecule has 0 saturated heterocycles. The molecule has 1 aromatic carbocycles. The highest BCUT2D eigenvalue weighted by atomic mass is 19.2. The highest BCUT2D eigenvalue weighted by Crippen LogP contribution is 2.36. The smallest absolute Gasteiger partial charge is 0.168 e. The molecule has 0 aromatic heterocycles. The van der Waals surface area contributed by atoms with E-state index in [9.17, 15) is 19.0 Å². The predicted molar refractivity (Wildman–Crippen MR) is 48.6 cm³/mol. The maximum absolute atomic E-state index is 13.2. The summed E-state index contributed by atoms with van der Waals surface area (Å²) in [4.78, 5) is 0. The monoisotopic (exact) mass is 219 g/mol. The van der Waals surface area contributed by atoms with Crippen LogP contribution in [0.25, 0.3) is 0 Å². The van der Waals surface area contributed by atoms with Gasteiger partial charge in [0.25, 0.3) is 0 Å². The summed E-state index contributed by atoms with van der Waals surface area (Å²) in [6, 6.07) is 0.692. The van der Waals surface area contributed by atoms with Crippen molar-refractivity contribution in [2.75, 3.05) is 13.7 Å². The second kappa shape index (κ2) is 4.41. The summed E-state index contributed by atoms with van der Waals surface area (Å²) in [5, 5.41) is 18.7. The minimum atomic E-state index is -1.48. The number of aliphatic hydroxyl groups is 1. The zero-order chi connectivity index (χ0) is 11.6. The molecule has 1 rings (SSSR count). The van der Waals surface area contributed by atoms with Gasteiger partial charge >= 0.3 is 0 Å². The number of rotatable bonds is 3. The summed E-state index contributed by atoms with van der Waals surface area (Å²) in [5.41, 5.74) is 4.50. The van der Waals surface area contributed by atoms with Crippen LogP contribution in [0.3, 0.4) is 0 Å². The van der Waals surface area contributed by atoms with Gasteiger partial charge in [-0.2, -0.15) is 0 Å². The van der Waals surface area contributed by atoms with Gasteiger partial charge in [0.05, 0.1) is 18.8 Å². The first-order valence-electron chi connectivity index (χ1n) is 4.15. The van der Waals surface area contributed by atoms with E-state index in [1.165, 1.54) is 7.11 Å². The SMILES string of the molecule is COc1cc(F)c(F)c(C(O)CN)c1O. The molecule has 15 heavy (non-hydrogen) atoms. The second-order valence-corrected chi connectivity index (χ2v) is 2.89. The highest BCUT2D eigenvalue weighted by Gasteiger charge is 2.23. The van der Waals surface area contributed by atoms with Gasteiger partial charge in [-0.3, -0.25) is 0 Å². The van der Waals surface area contributed by atoms with E-state index in [1.807, 2.05) is 0 Å². The standard InChI is InChI=1S/C9H11F2NO3/c1-15-6-2-4(10)8(11)7(9(6)14)5(13)3-12/h2,5,13-14H,3,12H2,1H3. The van der Waals surface area contributed by atoms with E-state index >= 15 is 0 Å². The number of aliphatic hydroxyl groups excluding tert-OH is 1. The number of phenolic OH excluding ortho intramolecular Hbond substituents is 1. The summed E-state index contributed by atoms with van der Waals surface area (Å²) in [5.74, 6) is -3.44. The molecule has 0 aliphatic rings. The van der Waals surface area contributed by atoms with E-state index in [0.717, 1.165) is 0 Å². The number of ether oxygens (including phenoxy) is 1. The lowest BCUT2D eigenvalue weighted by Gasteiger charge is -2.14. The van der Waals surface area contributed by atoms with Gasteiger partial charge in [-0.1, -0.05) is 0 Å². The van der Waals surface area contributed by atoms with Crippen LogP contribution >= 0.6 is 0 Å². The van der Waals surface area contributed by atoms with Crippen molar-refractivity contribution in [1.29, 1.82) is 0 Å². The topological polar surface area (TPSA) is 75.7 Å². The van der Waals surface area contributed by atoms with Gasteiger partial charge in [0.1, 0.15) is 0 Å². The molecule has 84 valence electrons. The van der Waals surface area contributed by atoms with E-state index in [1.54, 1.807) is 0 Å². The maximum atomic E-state index is 13.2. The van der Waals surface area contributed by atoms with E-state index in [4.69, 9.17) is 5.73 Å². The van der Waals surface area contributed by atoms with Crippen LogP contribution in [-0.2, 0) is 0 Å². The molecule has 1 atom stereocenters. The minimum absolute atomic E-state index is 0.253. The van der Waals surface area contributed by atoms with Gasteiger partial charge in [-0.15, -0.1) is 0 Å². The number of aromatic hydroxyl groups is 1. The Morgan fingerprint density at radius 1 is 1.53 bits per heavy atom. The molecule has 0 amide bonds. The number of hydrogen-bond acceptors (Lipinski definition) is 4. The number of nitrogens with two attached hydrogens (primary N) is 1. The minimum Gasteiger partial charge on any atom is -0.504 e. The lowest BCUT2D eigenvalue weighted by Crippen LogP contribution is -2.14. The molecule has 1 unspecified atom stereocenters. The van der Waals surface area contributed by atoms with Crippen LogP contribution in [0.15, 0.2) is 6.07 Å². The fourth-order valence-electron chi connectivity index (χ4n) is 1.19. The Balaban J connectivity index is 3.40. The van der Waals surface area contributed by atoms with Crippen molar-refractivity contribution < 1.29 is 23.7 Å². The highest BCUT2D eigenvalue weighted by molar-refractivity contribution is 5.48. The Kier molecular flexibility index (Phi) is 3.43. The lowest BCUT2D eigenvalue weighted by molar-refractivity contribution is 0.174. The van der Waals surface area contributed by atoms with Gasteiger partial charge in [0.15, 0.2) is 23.1 Å². The van der Waals surface area contributed by atoms with Crippen molar-refractivity contribution in [2.24, 2.45) is 5.73 Å². The number of benzene rings is 1. The van der Waals surface area contributed by atoms with Gasteiger partial charge in [-0.05, 0) is 0 Å². The Labute approximate surface area is 84.9 Å². The summed E-state index contributed by atoms with van der Waals surface area (Å²) in [7, 11) is 1.19. The Hall–Kier alpha value is -1.40. The third kappa shape index (κ3) is 2.00. The van der Waals surface area contributed by atoms with Gasteiger partial charge in [-0.25, -0.2) is 8.78 Å². The van der Waals surface area contributed by atoms with Crippen LogP contribution < -0.4 is 10.5 Å². The molecule has 0 fully saturated rings. The molecule has 6 heteroatoms. The molecule has 4 nitrogen and oxygen atoms in total. The number of hydrogen-bond donors (Lipinski definition) is 3. The second-order valence-electron chi connectivity index (χ2n) is 2.89. The normalized spacial score (nSPS) is 12.6. The molecule has 0 aliphatic carbocycles. The third-order valence-corrected chi connectivity index (χ3v) is 1.97. The summed E-state index contributed by atoms with van der Waals surface area (Å²) in [6.07, 6.45) is -1.48. The molecule has 0 bridgehead atoms. The van der Waals surface area contributed by atoms with Crippen molar-refractivity contribution in [2.45, 2.75) is 6.10 Å². The van der Waals surface area contributed by atoms with Crippen molar-refractivity contribution >= 4 is 0 Å². The zero-order valence-electron chi connectivity index (χ0n) is 8.00. The first-order chi connectivity index (χ1) is 7.02. The molecule has 0 spiro atoms. The van der Waals surface area contributed by atoms with Crippen LogP contribution in [0.4, 0.5) is 8.78 Å². The molecule has 0 heterocycles. The summed E-state index contributed by atoms with van der Waals surface area (Å²) >= 11 is 0. The van der Waals surface area contributed by atoms with Crippen molar-refractivity contribution in [3.63, 3.8) is 0 Å². The van der Waals surface area contributed by atoms with Crippen LogP contribution in [0.5, 0.6) is 11.5 Å². The van der Waals surface area contributed by atoms with Crippen molar-refractivity contribution in [3.8, 4) is 11.5 Å². The van der Waals surface area contributed by atoms with Crippen LogP contribution in [0.2, 0.25) is 0 Å². The molecule has 0 aliphatic heterocycles. The summed E-state index contributed by atoms with van der Waals surface area (Å²) in [6.45, 7) is -0.336. The Morgan fingerprint density at radius 3 is 2.60 bits per heavy atom. The van der Waals surface area contributed by atoms with Crippen molar-refractivity contribution in [1.82, 2.24) is 0 Å². The maximum Gasteiger partial charge on any atom is 0.168 e. The first-order valence-corrected chi connectivity index (χ1v) is 4.15. The average molecular weight is 219 g/mol. The van der Waals surface area contributed by atoms with Crippen molar-refractivity contribution in [3.05, 3.63) is 23.3 Å². The third-order valence-electron chi connectivity index (χ3n) is 1.97. The van der Waals surface area contributed by atoms with E-state index in [-0.39, 0.29) is 12.3 Å². The van der Waals surface area contributed by atoms with Gasteiger partial charge in [0.2, 0.25) is 0 Å². The lowest BCUT2D eigenvalue weighted by atomic mass is 10.1. The molecular weight excluding hydrogens is 208 g/mol. The van der Waals surface area contributed by atoms with E-state index in [2.05, 4.69) is 4.74 Å². The zero-order valence-corrected chi connectivity index (χ0v) is 8.00. The molecule has 4 N–H and O–H groups in total. The van der Waals surface area contributed by atoms with Gasteiger partial charge in [0, 0.05) is 12.6 Å². The van der Waals surface area contributed by atoms with E-state index < -0.39 is 29.1 Å². The molecule has 0 radical (unpaired) electrons. The number of phenols is 1. The molecular formula is C9H11F2NO3. The van der Waals surface area contributed by atoms with Crippen LogP contribution in [0.1, 0.15) is 11.7 Å². The average Bonchev–Trinajstić information content (AvgIpc) is 2.23. The summed E-state index contributed by atoms with van der Waals surface area (Å²) < 4.78 is 30.8. The Bertz CT molecular complexity index is 371. The quantitative estimate of drug-likeness (QED) is 0.698. The molecule has 1 aromatic rings. The largest absolute Gasteiger partial charge is 0.504 e. The van der Waals surface area contributed by atoms with E-state index in [0.29, 0.717) is 6.07 Å². The number of halogens is 2. The molecule has 0 saturated carbocycles. The fourth-order valence-corrected chi connectivity index (χ4v) is 1.19. The van der Waals surface area contributed by atoms with Gasteiger partial charge < -0.3 is 20.7 Å². The Morgan fingerprint density at radius 2 is 2.13 bits per heavy atom.